The van der Waals surface area contributed by atoms with Crippen LogP contribution in [0.1, 0.15) is 21.4 Å². The first-order valence-electron chi connectivity index (χ1n) is 5.63. The summed E-state index contributed by atoms with van der Waals surface area (Å²) in [6.07, 6.45) is 0. The van der Waals surface area contributed by atoms with Crippen molar-refractivity contribution in [1.82, 2.24) is 0 Å². The summed E-state index contributed by atoms with van der Waals surface area (Å²) in [5, 5.41) is 3.02. The molecule has 0 spiro atoms. The van der Waals surface area contributed by atoms with Crippen LogP contribution in [0.4, 0.5) is 4.39 Å². The van der Waals surface area contributed by atoms with E-state index in [1.165, 1.54) is 10.9 Å². The molecule has 0 bridgehead atoms. The third-order valence-electron chi connectivity index (χ3n) is 2.91. The van der Waals surface area contributed by atoms with E-state index < -0.39 is 0 Å². The Bertz CT molecular complexity index is 699. The van der Waals surface area contributed by atoms with Crippen LogP contribution in [0.3, 0.4) is 0 Å². The summed E-state index contributed by atoms with van der Waals surface area (Å²) in [5.41, 5.74) is 7.38. The Hall–Kier alpha value is -1.23. The Morgan fingerprint density at radius 2 is 2.06 bits per heavy atom. The zero-order valence-electron chi connectivity index (χ0n) is 9.81. The van der Waals surface area contributed by atoms with Crippen LogP contribution in [-0.4, -0.2) is 0 Å². The highest BCUT2D eigenvalue weighted by Crippen LogP contribution is 2.33. The lowest BCUT2D eigenvalue weighted by Crippen LogP contribution is -2.08. The second-order valence-electron chi connectivity index (χ2n) is 4.30. The Kier molecular flexibility index (Phi) is 2.93. The first-order chi connectivity index (χ1) is 8.63. The van der Waals surface area contributed by atoms with Gasteiger partial charge >= 0.3 is 0 Å². The van der Waals surface area contributed by atoms with Crippen LogP contribution < -0.4 is 5.73 Å². The highest BCUT2D eigenvalue weighted by Gasteiger charge is 2.13. The van der Waals surface area contributed by atoms with Crippen LogP contribution in [0.5, 0.6) is 0 Å². The van der Waals surface area contributed by atoms with Gasteiger partial charge in [-0.3, -0.25) is 0 Å². The van der Waals surface area contributed by atoms with Gasteiger partial charge in [0.2, 0.25) is 0 Å². The van der Waals surface area contributed by atoms with Gasteiger partial charge in [0.25, 0.3) is 0 Å². The molecular weight excluding hydrogens is 265 g/mol. The summed E-state index contributed by atoms with van der Waals surface area (Å²) in [5.74, 6) is -0.202. The van der Waals surface area contributed by atoms with Crippen molar-refractivity contribution in [3.63, 3.8) is 0 Å². The third kappa shape index (κ3) is 2.07. The summed E-state index contributed by atoms with van der Waals surface area (Å²) in [6, 6.07) is 8.84. The van der Waals surface area contributed by atoms with Crippen LogP contribution in [0.25, 0.3) is 10.1 Å². The largest absolute Gasteiger partial charge is 0.320 e. The summed E-state index contributed by atoms with van der Waals surface area (Å²) in [6.45, 7) is 2.07. The highest BCUT2D eigenvalue weighted by atomic mass is 32.1. The van der Waals surface area contributed by atoms with Crippen molar-refractivity contribution in [2.45, 2.75) is 13.0 Å². The number of benzene rings is 1. The number of hydrogen-bond donors (Lipinski definition) is 1. The van der Waals surface area contributed by atoms with Crippen LogP contribution in [0.2, 0.25) is 0 Å². The number of nitrogens with two attached hydrogens (primary N) is 1. The maximum absolute atomic E-state index is 13.1. The van der Waals surface area contributed by atoms with Crippen molar-refractivity contribution in [1.29, 1.82) is 0 Å². The Morgan fingerprint density at radius 1 is 1.22 bits per heavy atom. The monoisotopic (exact) mass is 277 g/mol. The van der Waals surface area contributed by atoms with E-state index >= 15 is 0 Å². The molecule has 1 unspecified atom stereocenters. The molecule has 2 N–H and O–H groups in total. The van der Waals surface area contributed by atoms with E-state index in [2.05, 4.69) is 18.4 Å². The molecule has 0 radical (unpaired) electrons. The predicted molar refractivity (Wildman–Crippen MR) is 76.9 cm³/mol. The van der Waals surface area contributed by atoms with E-state index in [1.807, 2.05) is 12.1 Å². The van der Waals surface area contributed by atoms with Crippen molar-refractivity contribution in [3.05, 3.63) is 56.8 Å². The predicted octanol–water partition coefficient (Wildman–Crippen LogP) is 4.46. The van der Waals surface area contributed by atoms with Gasteiger partial charge in [0.05, 0.1) is 6.04 Å². The normalized spacial score (nSPS) is 13.1. The Balaban J connectivity index is 2.03. The van der Waals surface area contributed by atoms with E-state index in [1.54, 1.807) is 28.7 Å². The fourth-order valence-corrected chi connectivity index (χ4v) is 3.79. The highest BCUT2D eigenvalue weighted by molar-refractivity contribution is 7.19. The van der Waals surface area contributed by atoms with Crippen molar-refractivity contribution in [3.8, 4) is 0 Å². The van der Waals surface area contributed by atoms with Crippen molar-refractivity contribution >= 4 is 32.8 Å². The molecule has 0 saturated heterocycles. The van der Waals surface area contributed by atoms with Gasteiger partial charge in [0.15, 0.2) is 0 Å². The van der Waals surface area contributed by atoms with E-state index in [9.17, 15) is 4.39 Å². The minimum atomic E-state index is -0.202. The molecular formula is C14H12FNS2. The summed E-state index contributed by atoms with van der Waals surface area (Å²) >= 11 is 3.33. The molecule has 0 aliphatic rings. The lowest BCUT2D eigenvalue weighted by molar-refractivity contribution is 0.630. The number of aryl methyl sites for hydroxylation is 1. The number of fused-ring (bicyclic) bond motifs is 1. The SMILES string of the molecule is Cc1cc(C(N)c2cc3cc(F)ccc3s2)cs1. The van der Waals surface area contributed by atoms with Gasteiger partial charge in [0.1, 0.15) is 5.82 Å². The Morgan fingerprint density at radius 3 is 2.78 bits per heavy atom. The Labute approximate surface area is 113 Å². The summed E-state index contributed by atoms with van der Waals surface area (Å²) in [7, 11) is 0. The molecule has 92 valence electrons. The molecule has 3 aromatic rings. The fraction of sp³-hybridized carbons (Fsp3) is 0.143. The maximum Gasteiger partial charge on any atom is 0.123 e. The summed E-state index contributed by atoms with van der Waals surface area (Å²) < 4.78 is 14.2. The first-order valence-corrected chi connectivity index (χ1v) is 7.33. The maximum atomic E-state index is 13.1. The smallest absolute Gasteiger partial charge is 0.123 e. The molecule has 1 nitrogen and oxygen atoms in total. The second-order valence-corrected chi connectivity index (χ2v) is 6.53. The van der Waals surface area contributed by atoms with Crippen LogP contribution in [-0.2, 0) is 0 Å². The molecule has 0 fully saturated rings. The standard InChI is InChI=1S/C14H12FNS2/c1-8-4-10(7-17-8)14(16)13-6-9-5-11(15)2-3-12(9)18-13/h2-7,14H,16H2,1H3. The molecule has 0 amide bonds. The molecule has 3 rings (SSSR count). The average molecular weight is 277 g/mol. The van der Waals surface area contributed by atoms with Gasteiger partial charge in [-0.05, 0) is 53.6 Å². The molecule has 1 atom stereocenters. The van der Waals surface area contributed by atoms with E-state index in [0.717, 1.165) is 20.5 Å². The number of thiophene rings is 2. The third-order valence-corrected chi connectivity index (χ3v) is 4.99. The van der Waals surface area contributed by atoms with Gasteiger partial charge in [-0.2, -0.15) is 0 Å². The molecule has 2 heterocycles. The van der Waals surface area contributed by atoms with Crippen molar-refractivity contribution < 1.29 is 4.39 Å². The van der Waals surface area contributed by atoms with Crippen LogP contribution in [0.15, 0.2) is 35.7 Å². The van der Waals surface area contributed by atoms with Gasteiger partial charge in [-0.1, -0.05) is 0 Å². The summed E-state index contributed by atoms with van der Waals surface area (Å²) in [4.78, 5) is 2.33. The molecule has 0 aliphatic heterocycles. The number of halogens is 1. The topological polar surface area (TPSA) is 26.0 Å². The molecule has 1 aromatic carbocycles. The van der Waals surface area contributed by atoms with E-state index in [4.69, 9.17) is 5.73 Å². The minimum Gasteiger partial charge on any atom is -0.320 e. The van der Waals surface area contributed by atoms with Crippen LogP contribution in [0, 0.1) is 12.7 Å². The number of hydrogen-bond acceptors (Lipinski definition) is 3. The zero-order chi connectivity index (χ0) is 12.7. The first kappa shape index (κ1) is 11.8. The molecule has 0 aliphatic carbocycles. The molecule has 0 saturated carbocycles. The fourth-order valence-electron chi connectivity index (χ4n) is 1.98. The second kappa shape index (κ2) is 4.46. The quantitative estimate of drug-likeness (QED) is 0.735. The van der Waals surface area contributed by atoms with E-state index in [0.29, 0.717) is 0 Å². The lowest BCUT2D eigenvalue weighted by atomic mass is 10.1. The molecule has 4 heteroatoms. The van der Waals surface area contributed by atoms with Crippen LogP contribution >= 0.6 is 22.7 Å². The van der Waals surface area contributed by atoms with Crippen molar-refractivity contribution in [2.24, 2.45) is 5.73 Å². The lowest BCUT2D eigenvalue weighted by Gasteiger charge is -2.06. The molecule has 18 heavy (non-hydrogen) atoms. The van der Waals surface area contributed by atoms with Gasteiger partial charge in [-0.15, -0.1) is 22.7 Å². The zero-order valence-corrected chi connectivity index (χ0v) is 11.4. The van der Waals surface area contributed by atoms with Gasteiger partial charge in [-0.25, -0.2) is 4.39 Å². The van der Waals surface area contributed by atoms with Gasteiger partial charge < -0.3 is 5.73 Å². The average Bonchev–Trinajstić information content (AvgIpc) is 2.93. The van der Waals surface area contributed by atoms with Gasteiger partial charge in [0, 0.05) is 14.5 Å². The number of rotatable bonds is 2. The van der Waals surface area contributed by atoms with E-state index in [-0.39, 0.29) is 11.9 Å². The molecule has 2 aromatic heterocycles. The van der Waals surface area contributed by atoms with Crippen molar-refractivity contribution in [2.75, 3.05) is 0 Å². The minimum absolute atomic E-state index is 0.115.